The molecule has 2 aliphatic rings. The summed E-state index contributed by atoms with van der Waals surface area (Å²) in [5, 5.41) is 6.13. The van der Waals surface area contributed by atoms with Crippen molar-refractivity contribution in [2.24, 2.45) is 0 Å². The van der Waals surface area contributed by atoms with Crippen molar-refractivity contribution in [1.29, 1.82) is 0 Å². The fraction of sp³-hybridized carbons (Fsp3) is 0.183. The van der Waals surface area contributed by atoms with Crippen molar-refractivity contribution in [1.82, 2.24) is 40.4 Å². The fourth-order valence-electron chi connectivity index (χ4n) is 12.2. The molecule has 122 heavy (non-hydrogen) atoms. The van der Waals surface area contributed by atoms with Crippen molar-refractivity contribution in [2.75, 3.05) is 18.1 Å². The average molecular weight is 1570 g/mol. The molecular weight excluding hydrogens is 1500 g/mol. The number of rotatable bonds is 26. The van der Waals surface area contributed by atoms with E-state index in [-0.39, 0.29) is 31.2 Å². The van der Waals surface area contributed by atoms with E-state index in [2.05, 4.69) is 347 Å². The molecule has 9 rings (SSSR count). The summed E-state index contributed by atoms with van der Waals surface area (Å²) >= 11 is 0. The van der Waals surface area contributed by atoms with Gasteiger partial charge in [-0.15, -0.1) is 17.4 Å². The smallest absolute Gasteiger partial charge is 0.243 e. The van der Waals surface area contributed by atoms with Gasteiger partial charge in [0.15, 0.2) is 0 Å². The highest BCUT2D eigenvalue weighted by molar-refractivity contribution is 6.03. The van der Waals surface area contributed by atoms with Crippen LogP contribution < -0.4 is 20.3 Å². The normalized spacial score (nSPS) is 11.0. The van der Waals surface area contributed by atoms with Crippen LogP contribution in [0.5, 0.6) is 5.75 Å². The zero-order valence-electron chi connectivity index (χ0n) is 67.6. The molecule has 0 saturated carbocycles. The standard InChI is InChI=1S/C109H72N10O3/c1-7-9-11-13-15-17-19-21-23-25-27-29-31-33-35-37-39-41-43-56-78-118-102-66-46-45-65-100(102)108(3,4)104(118)67-59-68-105-109(5,6)101-84-92(71-72-103(101)119(105)79-57-44-42-40-38-36-34-32-30-28-26-24-22-20-18-16-14-12-10-8-2)85-115-107(121)70-60-69-106(120)114-77-55-58-80-122-99-82-93(86-116(88-95-61-47-51-73-110-95)89-96-62-48-52-74-111-96)81-94(83-99)87-117(90-97-63-49-53-75-112-97)91-98-64-50-54-76-113-98/h1-2,45-54,59,61-68,71-76,81-84H,55,58,60,69-70,77,80,85-91H2,3-6H3,(H-,114,115,120,121)/p+1. The molecule has 0 atom stereocenters. The maximum absolute atomic E-state index is 13.5. The topological polar surface area (TPSA) is 132 Å². The van der Waals surface area contributed by atoms with E-state index in [1.165, 1.54) is 0 Å². The van der Waals surface area contributed by atoms with Crippen molar-refractivity contribution >= 4 is 28.9 Å². The van der Waals surface area contributed by atoms with Crippen LogP contribution in [0.3, 0.4) is 0 Å². The van der Waals surface area contributed by atoms with Crippen molar-refractivity contribution in [3.8, 4) is 268 Å². The molecule has 0 unspecified atom stereocenters. The first-order valence-electron chi connectivity index (χ1n) is 38.2. The van der Waals surface area contributed by atoms with Gasteiger partial charge >= 0.3 is 0 Å². The summed E-state index contributed by atoms with van der Waals surface area (Å²) in [5.74, 6) is 104. The van der Waals surface area contributed by atoms with Gasteiger partial charge in [0.05, 0.1) is 46.4 Å². The van der Waals surface area contributed by atoms with Crippen LogP contribution in [0, 0.1) is 262 Å². The summed E-state index contributed by atoms with van der Waals surface area (Å²) in [7, 11) is 0. The molecule has 6 heterocycles. The van der Waals surface area contributed by atoms with Gasteiger partial charge in [0, 0.05) is 261 Å². The molecule has 0 spiro atoms. The van der Waals surface area contributed by atoms with Crippen molar-refractivity contribution in [2.45, 2.75) is 116 Å². The summed E-state index contributed by atoms with van der Waals surface area (Å²) in [5.41, 5.74) is 11.4. The van der Waals surface area contributed by atoms with E-state index < -0.39 is 10.8 Å². The molecular formula is C109H73N10O3+. The summed E-state index contributed by atoms with van der Waals surface area (Å²) < 4.78 is 8.50. The number of anilines is 1. The Kier molecular flexibility index (Phi) is 36.4. The Labute approximate surface area is 718 Å². The number of allylic oxidation sites excluding steroid dienone is 4. The summed E-state index contributed by atoms with van der Waals surface area (Å²) in [4.78, 5) is 51.9. The Balaban J connectivity index is 0.831. The van der Waals surface area contributed by atoms with E-state index in [1.807, 2.05) is 156 Å². The largest absolute Gasteiger partial charge is 0.494 e. The lowest BCUT2D eigenvalue weighted by molar-refractivity contribution is -0.332. The number of unbranched alkanes of at least 4 members (excludes halogenated alkanes) is 1. The number of hydrogen-bond donors (Lipinski definition) is 2. The lowest BCUT2D eigenvalue weighted by atomic mass is 9.81. The van der Waals surface area contributed by atoms with Gasteiger partial charge in [-0.2, -0.15) is 0 Å². The maximum Gasteiger partial charge on any atom is 0.243 e. The van der Waals surface area contributed by atoms with E-state index >= 15 is 0 Å². The second kappa shape index (κ2) is 50.4. The van der Waals surface area contributed by atoms with Gasteiger partial charge < -0.3 is 15.4 Å². The molecule has 13 nitrogen and oxygen atoms in total. The number of fused-ring (bicyclic) bond motifs is 2. The number of nitrogens with one attached hydrogen (secondary N) is 2. The number of ether oxygens (including phenoxy) is 1. The number of benzene rings is 3. The summed E-state index contributed by atoms with van der Waals surface area (Å²) in [6.45, 7) is 13.4. The van der Waals surface area contributed by atoms with E-state index in [0.29, 0.717) is 71.7 Å². The lowest BCUT2D eigenvalue weighted by Crippen LogP contribution is -2.26. The number of carbonyl (C=O) groups excluding carboxylic acids is 2. The molecule has 2 aliphatic heterocycles. The highest BCUT2D eigenvalue weighted by Crippen LogP contribution is 2.48. The molecule has 0 fully saturated rings. The highest BCUT2D eigenvalue weighted by Gasteiger charge is 2.45. The van der Waals surface area contributed by atoms with Crippen molar-refractivity contribution in [3.05, 3.63) is 233 Å². The summed E-state index contributed by atoms with van der Waals surface area (Å²) in [6, 6.07) is 51.1. The van der Waals surface area contributed by atoms with E-state index in [4.69, 9.17) is 17.6 Å². The Morgan fingerprint density at radius 1 is 0.426 bits per heavy atom. The molecule has 0 bridgehead atoms. The molecule has 576 valence electrons. The van der Waals surface area contributed by atoms with Gasteiger partial charge in [0.1, 0.15) is 5.75 Å². The molecule has 0 aliphatic carbocycles. The maximum atomic E-state index is 13.5. The number of pyridine rings is 4. The minimum atomic E-state index is -0.605. The van der Waals surface area contributed by atoms with Gasteiger partial charge in [-0.1, -0.05) is 80.6 Å². The molecule has 3 aromatic carbocycles. The summed E-state index contributed by atoms with van der Waals surface area (Å²) in [6.07, 6.45) is 25.6. The predicted octanol–water partition coefficient (Wildman–Crippen LogP) is 11.3. The predicted molar refractivity (Wildman–Crippen MR) is 479 cm³/mol. The Bertz CT molecular complexity index is 6540. The minimum Gasteiger partial charge on any atom is -0.494 e. The SMILES string of the molecule is C#CC#CC#CC#CC#CC#CC#CC#CC#CC#CC#CN1/C(=C/C=C/C2=[N+](C#CC#CC#CC#CC#CC#CC#CC#CC#CC#CC#C)c3ccccc3C2(C)C)C(C)(C)c2cc(CNC(=O)CCCC(=O)NCCCCOc3cc(CN(Cc4ccccn4)Cc4ccccn4)cc(CN(Cc4ccccn4)Cc4ccccn4)c3)ccc21. The number of aromatic nitrogens is 4. The van der Waals surface area contributed by atoms with Crippen LogP contribution in [0.15, 0.2) is 182 Å². The van der Waals surface area contributed by atoms with Crippen LogP contribution >= 0.6 is 0 Å². The van der Waals surface area contributed by atoms with E-state index in [0.717, 1.165) is 79.1 Å². The third-order valence-electron chi connectivity index (χ3n) is 17.5. The van der Waals surface area contributed by atoms with Crippen LogP contribution in [0.2, 0.25) is 0 Å². The van der Waals surface area contributed by atoms with E-state index in [1.54, 1.807) is 0 Å². The zero-order chi connectivity index (χ0) is 85.6. The van der Waals surface area contributed by atoms with Gasteiger partial charge in [0.2, 0.25) is 29.3 Å². The first kappa shape index (κ1) is 88.1. The molecule has 4 aromatic heterocycles. The van der Waals surface area contributed by atoms with Crippen LogP contribution in [0.4, 0.5) is 11.4 Å². The first-order chi connectivity index (χ1) is 59.9. The molecule has 0 saturated heterocycles. The number of hydrogen-bond acceptors (Lipinski definition) is 10. The third-order valence-corrected chi connectivity index (χ3v) is 17.5. The number of para-hydroxylation sites is 1. The van der Waals surface area contributed by atoms with Gasteiger partial charge in [-0.25, -0.2) is 0 Å². The van der Waals surface area contributed by atoms with Crippen LogP contribution in [-0.4, -0.2) is 65.0 Å². The molecule has 2 N–H and O–H groups in total. The van der Waals surface area contributed by atoms with Gasteiger partial charge in [0.25, 0.3) is 0 Å². The number of terminal acetylenes is 2. The van der Waals surface area contributed by atoms with Crippen molar-refractivity contribution < 1.29 is 18.9 Å². The van der Waals surface area contributed by atoms with Gasteiger partial charge in [-0.05, 0) is 223 Å². The van der Waals surface area contributed by atoms with Crippen LogP contribution in [-0.2, 0) is 66.2 Å². The number of carbonyl (C=O) groups is 2. The van der Waals surface area contributed by atoms with Crippen LogP contribution in [0.1, 0.15) is 110 Å². The van der Waals surface area contributed by atoms with Crippen LogP contribution in [0.25, 0.3) is 0 Å². The monoisotopic (exact) mass is 1570 g/mol. The highest BCUT2D eigenvalue weighted by atomic mass is 16.5. The van der Waals surface area contributed by atoms with E-state index in [9.17, 15) is 9.59 Å². The Hall–Kier alpha value is -17.8. The van der Waals surface area contributed by atoms with Gasteiger partial charge in [-0.3, -0.25) is 44.2 Å². The number of nitrogens with zero attached hydrogens (tertiary/aromatic N) is 8. The second-order valence-electron chi connectivity index (χ2n) is 26.9. The molecule has 13 heteroatoms. The minimum absolute atomic E-state index is 0.120. The Morgan fingerprint density at radius 3 is 1.27 bits per heavy atom. The third kappa shape index (κ3) is 30.8. The Morgan fingerprint density at radius 2 is 0.836 bits per heavy atom. The average Bonchev–Trinajstić information content (AvgIpc) is 1.59. The number of amides is 2. The van der Waals surface area contributed by atoms with Crippen molar-refractivity contribution in [3.63, 3.8) is 0 Å². The lowest BCUT2D eigenvalue weighted by Gasteiger charge is -2.25. The first-order valence-corrected chi connectivity index (χ1v) is 38.2. The second-order valence-corrected chi connectivity index (χ2v) is 26.9. The quantitative estimate of drug-likeness (QED) is 0.0307. The molecule has 2 amide bonds. The molecule has 7 aromatic rings. The fourth-order valence-corrected chi connectivity index (χ4v) is 12.2. The molecule has 0 radical (unpaired) electrons. The zero-order valence-corrected chi connectivity index (χ0v) is 67.6.